The van der Waals surface area contributed by atoms with Gasteiger partial charge in [0.15, 0.2) is 0 Å². The average Bonchev–Trinajstić information content (AvgIpc) is 2.58. The number of rotatable bonds is 4. The van der Waals surface area contributed by atoms with Crippen LogP contribution in [0.2, 0.25) is 0 Å². The van der Waals surface area contributed by atoms with Crippen LogP contribution in [0.25, 0.3) is 11.1 Å². The van der Waals surface area contributed by atoms with E-state index in [4.69, 9.17) is 9.47 Å². The van der Waals surface area contributed by atoms with Crippen molar-refractivity contribution in [2.75, 3.05) is 6.61 Å². The van der Waals surface area contributed by atoms with Crippen molar-refractivity contribution in [3.63, 3.8) is 0 Å². The van der Waals surface area contributed by atoms with Gasteiger partial charge in [-0.1, -0.05) is 30.3 Å². The quantitative estimate of drug-likeness (QED) is 0.673. The lowest BCUT2D eigenvalue weighted by Gasteiger charge is -2.36. The minimum Gasteiger partial charge on any atom is -0.508 e. The lowest BCUT2D eigenvalue weighted by Crippen LogP contribution is -2.51. The molecule has 6 nitrogen and oxygen atoms in total. The summed E-state index contributed by atoms with van der Waals surface area (Å²) in [5.41, 5.74) is 1.54. The molecule has 0 aliphatic carbocycles. The third kappa shape index (κ3) is 3.52. The van der Waals surface area contributed by atoms with Crippen LogP contribution in [-0.4, -0.2) is 51.6 Å². The van der Waals surface area contributed by atoms with Crippen molar-refractivity contribution < 1.29 is 29.9 Å². The zero-order chi connectivity index (χ0) is 17.1. The van der Waals surface area contributed by atoms with Crippen molar-refractivity contribution in [2.45, 2.75) is 31.0 Å². The molecule has 4 unspecified atom stereocenters. The van der Waals surface area contributed by atoms with E-state index in [0.29, 0.717) is 5.75 Å². The molecule has 0 saturated carbocycles. The second kappa shape index (κ2) is 7.19. The van der Waals surface area contributed by atoms with Gasteiger partial charge in [-0.3, -0.25) is 0 Å². The molecular formula is C18H20O6. The first-order valence-electron chi connectivity index (χ1n) is 7.76. The third-order valence-corrected chi connectivity index (χ3v) is 4.02. The Morgan fingerprint density at radius 1 is 1.08 bits per heavy atom. The highest BCUT2D eigenvalue weighted by molar-refractivity contribution is 5.71. The summed E-state index contributed by atoms with van der Waals surface area (Å²) in [5, 5.41) is 38.6. The number of phenolic OH excluding ortho intramolecular Hbond substituents is 1. The van der Waals surface area contributed by atoms with Crippen molar-refractivity contribution in [3.05, 3.63) is 48.5 Å². The molecule has 2 aromatic carbocycles. The maximum absolute atomic E-state index is 9.90. The molecule has 0 bridgehead atoms. The van der Waals surface area contributed by atoms with Crippen LogP contribution in [0.3, 0.4) is 0 Å². The summed E-state index contributed by atoms with van der Waals surface area (Å²) in [6.45, 7) is -0.410. The maximum Gasteiger partial charge on any atom is 0.202 e. The summed E-state index contributed by atoms with van der Waals surface area (Å²) in [6, 6.07) is 14.1. The predicted octanol–water partition coefficient (Wildman–Crippen LogP) is 1.27. The second-order valence-electron chi connectivity index (χ2n) is 5.74. The van der Waals surface area contributed by atoms with Crippen molar-refractivity contribution in [1.82, 2.24) is 0 Å². The second-order valence-corrected chi connectivity index (χ2v) is 5.74. The Labute approximate surface area is 139 Å². The van der Waals surface area contributed by atoms with Crippen LogP contribution >= 0.6 is 0 Å². The molecule has 3 rings (SSSR count). The van der Waals surface area contributed by atoms with Gasteiger partial charge in [0, 0.05) is 12.0 Å². The number of hydrogen-bond acceptors (Lipinski definition) is 6. The molecule has 0 spiro atoms. The van der Waals surface area contributed by atoms with Gasteiger partial charge in [0.1, 0.15) is 23.7 Å². The molecule has 4 N–H and O–H groups in total. The number of benzene rings is 2. The molecule has 128 valence electrons. The van der Waals surface area contributed by atoms with E-state index in [1.807, 2.05) is 18.2 Å². The summed E-state index contributed by atoms with van der Waals surface area (Å²) in [6.07, 6.45) is -3.78. The lowest BCUT2D eigenvalue weighted by molar-refractivity contribution is -0.229. The molecule has 0 radical (unpaired) electrons. The van der Waals surface area contributed by atoms with Crippen molar-refractivity contribution in [2.24, 2.45) is 0 Å². The minimum absolute atomic E-state index is 0.0893. The Kier molecular flexibility index (Phi) is 5.01. The van der Waals surface area contributed by atoms with Gasteiger partial charge < -0.3 is 29.9 Å². The van der Waals surface area contributed by atoms with E-state index in [9.17, 15) is 20.4 Å². The molecule has 2 aromatic rings. The van der Waals surface area contributed by atoms with Gasteiger partial charge in [-0.15, -0.1) is 0 Å². The van der Waals surface area contributed by atoms with Gasteiger partial charge in [0.05, 0.1) is 12.7 Å². The molecule has 1 aliphatic rings. The van der Waals surface area contributed by atoms with E-state index in [-0.39, 0.29) is 12.2 Å². The highest BCUT2D eigenvalue weighted by Gasteiger charge is 2.37. The van der Waals surface area contributed by atoms with Crippen LogP contribution in [0.4, 0.5) is 0 Å². The molecule has 6 heteroatoms. The van der Waals surface area contributed by atoms with Crippen LogP contribution in [0.5, 0.6) is 11.5 Å². The van der Waals surface area contributed by atoms with Crippen molar-refractivity contribution in [3.8, 4) is 22.6 Å². The fourth-order valence-corrected chi connectivity index (χ4v) is 2.77. The van der Waals surface area contributed by atoms with Gasteiger partial charge in [-0.25, -0.2) is 0 Å². The van der Waals surface area contributed by atoms with Gasteiger partial charge in [0.2, 0.25) is 6.29 Å². The average molecular weight is 332 g/mol. The Bertz CT molecular complexity index is 689. The lowest BCUT2D eigenvalue weighted by atomic mass is 10.0. The number of para-hydroxylation sites is 1. The van der Waals surface area contributed by atoms with E-state index in [1.165, 1.54) is 0 Å². The fourth-order valence-electron chi connectivity index (χ4n) is 2.77. The highest BCUT2D eigenvalue weighted by atomic mass is 16.7. The van der Waals surface area contributed by atoms with Crippen LogP contribution in [0.15, 0.2) is 48.5 Å². The van der Waals surface area contributed by atoms with E-state index in [1.54, 1.807) is 30.3 Å². The monoisotopic (exact) mass is 332 g/mol. The molecule has 1 aliphatic heterocycles. The molecule has 24 heavy (non-hydrogen) atoms. The zero-order valence-corrected chi connectivity index (χ0v) is 12.9. The zero-order valence-electron chi connectivity index (χ0n) is 12.9. The van der Waals surface area contributed by atoms with E-state index < -0.39 is 31.2 Å². The number of phenols is 1. The Morgan fingerprint density at radius 3 is 2.62 bits per heavy atom. The van der Waals surface area contributed by atoms with Crippen LogP contribution < -0.4 is 4.74 Å². The summed E-state index contributed by atoms with van der Waals surface area (Å²) in [7, 11) is 0. The summed E-state index contributed by atoms with van der Waals surface area (Å²) in [4.78, 5) is 0. The molecule has 0 aromatic heterocycles. The minimum atomic E-state index is -1.14. The Morgan fingerprint density at radius 2 is 1.88 bits per heavy atom. The topological polar surface area (TPSA) is 99.4 Å². The summed E-state index contributed by atoms with van der Waals surface area (Å²) < 4.78 is 11.4. The number of hydrogen-bond donors (Lipinski definition) is 4. The van der Waals surface area contributed by atoms with E-state index in [2.05, 4.69) is 0 Å². The molecule has 1 saturated heterocycles. The summed E-state index contributed by atoms with van der Waals surface area (Å²) >= 11 is 0. The highest BCUT2D eigenvalue weighted by Crippen LogP contribution is 2.33. The maximum atomic E-state index is 9.90. The smallest absolute Gasteiger partial charge is 0.202 e. The first-order chi connectivity index (χ1) is 11.6. The molecular weight excluding hydrogens is 312 g/mol. The number of ether oxygens (including phenoxy) is 2. The van der Waals surface area contributed by atoms with Gasteiger partial charge >= 0.3 is 0 Å². The van der Waals surface area contributed by atoms with Crippen molar-refractivity contribution >= 4 is 0 Å². The SMILES string of the molecule is OCC1OC(Oc2ccccc2-c2cccc(O)c2)CC(O)C1O. The van der Waals surface area contributed by atoms with Gasteiger partial charge in [-0.05, 0) is 23.8 Å². The van der Waals surface area contributed by atoms with E-state index in [0.717, 1.165) is 11.1 Å². The van der Waals surface area contributed by atoms with Crippen LogP contribution in [0.1, 0.15) is 6.42 Å². The predicted molar refractivity (Wildman–Crippen MR) is 86.5 cm³/mol. The van der Waals surface area contributed by atoms with Crippen molar-refractivity contribution in [1.29, 1.82) is 0 Å². The number of aromatic hydroxyl groups is 1. The summed E-state index contributed by atoms with van der Waals surface area (Å²) in [5.74, 6) is 0.670. The van der Waals surface area contributed by atoms with Gasteiger partial charge in [-0.2, -0.15) is 0 Å². The number of aliphatic hydroxyl groups is 3. The first-order valence-corrected chi connectivity index (χ1v) is 7.76. The Hall–Kier alpha value is -2.12. The largest absolute Gasteiger partial charge is 0.508 e. The molecule has 1 heterocycles. The van der Waals surface area contributed by atoms with Crippen LogP contribution in [0, 0.1) is 0 Å². The fraction of sp³-hybridized carbons (Fsp3) is 0.333. The third-order valence-electron chi connectivity index (χ3n) is 4.02. The van der Waals surface area contributed by atoms with Crippen LogP contribution in [-0.2, 0) is 4.74 Å². The first kappa shape index (κ1) is 16.7. The normalized spacial score (nSPS) is 27.0. The molecule has 0 amide bonds. The standard InChI is InChI=1S/C18H20O6/c19-10-16-18(22)14(21)9-17(24-16)23-15-7-2-1-6-13(15)11-4-3-5-12(20)8-11/h1-8,14,16-22H,9-10H2. The number of aliphatic hydroxyl groups excluding tert-OH is 3. The van der Waals surface area contributed by atoms with E-state index >= 15 is 0 Å². The molecule has 4 atom stereocenters. The molecule has 1 fully saturated rings. The van der Waals surface area contributed by atoms with Gasteiger partial charge in [0.25, 0.3) is 0 Å². The Balaban J connectivity index is 1.83.